The molecule has 2 aromatic heterocycles. The smallest absolute Gasteiger partial charge is 0.159 e. The van der Waals surface area contributed by atoms with Gasteiger partial charge in [-0.3, -0.25) is 4.90 Å². The molecule has 0 bridgehead atoms. The maximum atomic E-state index is 13.4. The minimum absolute atomic E-state index is 0.432. The van der Waals surface area contributed by atoms with Crippen molar-refractivity contribution in [3.05, 3.63) is 64.2 Å². The largest absolute Gasteiger partial charge is 0.299 e. The van der Waals surface area contributed by atoms with E-state index in [1.165, 1.54) is 12.1 Å². The number of aromatic nitrogens is 3. The number of benzene rings is 1. The lowest BCUT2D eigenvalue weighted by Crippen LogP contribution is -2.32. The van der Waals surface area contributed by atoms with Crippen LogP contribution in [0.1, 0.15) is 40.8 Å². The summed E-state index contributed by atoms with van der Waals surface area (Å²) in [6.45, 7) is 6.41. The third-order valence-electron chi connectivity index (χ3n) is 5.15. The van der Waals surface area contributed by atoms with Gasteiger partial charge >= 0.3 is 0 Å². The molecule has 1 aromatic carbocycles. The van der Waals surface area contributed by atoms with Crippen LogP contribution in [0.25, 0.3) is 10.6 Å². The van der Waals surface area contributed by atoms with Crippen LogP contribution in [0.2, 0.25) is 0 Å². The zero-order chi connectivity index (χ0) is 19.7. The molecule has 3 heterocycles. The fourth-order valence-corrected chi connectivity index (χ4v) is 4.85. The quantitative estimate of drug-likeness (QED) is 0.626. The van der Waals surface area contributed by atoms with E-state index in [0.717, 1.165) is 58.6 Å². The summed E-state index contributed by atoms with van der Waals surface area (Å²) >= 11 is 1.73. The Labute approximate surface area is 167 Å². The van der Waals surface area contributed by atoms with Crippen molar-refractivity contribution in [3.8, 4) is 10.6 Å². The minimum atomic E-state index is -0.795. The van der Waals surface area contributed by atoms with E-state index in [9.17, 15) is 8.78 Å². The third kappa shape index (κ3) is 4.10. The monoisotopic (exact) mass is 400 g/mol. The van der Waals surface area contributed by atoms with Gasteiger partial charge in [-0.15, -0.1) is 11.3 Å². The van der Waals surface area contributed by atoms with Gasteiger partial charge in [0.05, 0.1) is 21.3 Å². The molecule has 4 nitrogen and oxygen atoms in total. The molecular formula is C21H22F2N4S. The number of piperidine rings is 1. The Morgan fingerprint density at radius 2 is 1.86 bits per heavy atom. The average molecular weight is 400 g/mol. The van der Waals surface area contributed by atoms with Crippen LogP contribution in [-0.2, 0) is 6.54 Å². The number of halogens is 2. The number of hydrogen-bond acceptors (Lipinski definition) is 5. The second-order valence-electron chi connectivity index (χ2n) is 7.25. The molecule has 3 aromatic rings. The highest BCUT2D eigenvalue weighted by Crippen LogP contribution is 2.36. The number of aryl methyl sites for hydroxylation is 2. The molecule has 1 aliphatic heterocycles. The van der Waals surface area contributed by atoms with Gasteiger partial charge in [-0.05, 0) is 63.5 Å². The third-order valence-corrected chi connectivity index (χ3v) is 6.49. The van der Waals surface area contributed by atoms with E-state index < -0.39 is 11.6 Å². The highest BCUT2D eigenvalue weighted by Gasteiger charge is 2.24. The van der Waals surface area contributed by atoms with Crippen molar-refractivity contribution in [2.45, 2.75) is 39.2 Å². The van der Waals surface area contributed by atoms with Crippen molar-refractivity contribution >= 4 is 11.3 Å². The van der Waals surface area contributed by atoms with Crippen molar-refractivity contribution < 1.29 is 8.78 Å². The second kappa shape index (κ2) is 8.01. The molecule has 0 spiro atoms. The van der Waals surface area contributed by atoms with E-state index in [1.54, 1.807) is 23.6 Å². The summed E-state index contributed by atoms with van der Waals surface area (Å²) in [7, 11) is 0. The molecule has 146 valence electrons. The molecule has 0 amide bonds. The predicted octanol–water partition coefficient (Wildman–Crippen LogP) is 4.87. The molecule has 1 aliphatic rings. The van der Waals surface area contributed by atoms with E-state index in [2.05, 4.69) is 14.9 Å². The first-order chi connectivity index (χ1) is 13.5. The lowest BCUT2D eigenvalue weighted by Gasteiger charge is -2.31. The van der Waals surface area contributed by atoms with Gasteiger partial charge in [0.1, 0.15) is 5.82 Å². The Morgan fingerprint density at radius 3 is 2.57 bits per heavy atom. The van der Waals surface area contributed by atoms with E-state index >= 15 is 0 Å². The molecule has 4 rings (SSSR count). The van der Waals surface area contributed by atoms with E-state index in [-0.39, 0.29) is 0 Å². The van der Waals surface area contributed by atoms with Crippen LogP contribution in [0.3, 0.4) is 0 Å². The Balaban J connectivity index is 1.41. The highest BCUT2D eigenvalue weighted by molar-refractivity contribution is 7.15. The summed E-state index contributed by atoms with van der Waals surface area (Å²) in [5, 5.41) is 1.16. The lowest BCUT2D eigenvalue weighted by atomic mass is 9.97. The van der Waals surface area contributed by atoms with Gasteiger partial charge in [-0.1, -0.05) is 6.07 Å². The van der Waals surface area contributed by atoms with Crippen molar-refractivity contribution in [1.29, 1.82) is 0 Å². The van der Waals surface area contributed by atoms with Crippen LogP contribution >= 0.6 is 11.3 Å². The van der Waals surface area contributed by atoms with Crippen LogP contribution in [0, 0.1) is 25.5 Å². The number of nitrogens with zero attached hydrogens (tertiary/aromatic N) is 4. The molecule has 0 unspecified atom stereocenters. The Kier molecular flexibility index (Phi) is 5.46. The summed E-state index contributed by atoms with van der Waals surface area (Å²) in [6.07, 6.45) is 3.81. The Bertz CT molecular complexity index is 980. The molecule has 28 heavy (non-hydrogen) atoms. The maximum absolute atomic E-state index is 13.4. The summed E-state index contributed by atoms with van der Waals surface area (Å²) < 4.78 is 26.5. The van der Waals surface area contributed by atoms with Crippen LogP contribution in [-0.4, -0.2) is 32.9 Å². The highest BCUT2D eigenvalue weighted by atomic mass is 32.1. The molecule has 0 N–H and O–H groups in total. The fraction of sp³-hybridized carbons (Fsp3) is 0.381. The summed E-state index contributed by atoms with van der Waals surface area (Å²) in [5.41, 5.74) is 2.76. The topological polar surface area (TPSA) is 41.9 Å². The molecular weight excluding hydrogens is 378 g/mol. The van der Waals surface area contributed by atoms with E-state index in [0.29, 0.717) is 12.5 Å². The zero-order valence-corrected chi connectivity index (χ0v) is 16.8. The minimum Gasteiger partial charge on any atom is -0.299 e. The van der Waals surface area contributed by atoms with E-state index in [1.807, 2.05) is 19.9 Å². The second-order valence-corrected chi connectivity index (χ2v) is 8.29. The lowest BCUT2D eigenvalue weighted by molar-refractivity contribution is 0.204. The number of likely N-dealkylation sites (tertiary alicyclic amines) is 1. The summed E-state index contributed by atoms with van der Waals surface area (Å²) in [5.74, 6) is -0.381. The van der Waals surface area contributed by atoms with Crippen LogP contribution in [0.4, 0.5) is 8.78 Å². The van der Waals surface area contributed by atoms with Crippen molar-refractivity contribution in [2.24, 2.45) is 0 Å². The Morgan fingerprint density at radius 1 is 1.07 bits per heavy atom. The van der Waals surface area contributed by atoms with Gasteiger partial charge in [0.2, 0.25) is 0 Å². The molecule has 0 radical (unpaired) electrons. The molecule has 0 saturated carbocycles. The van der Waals surface area contributed by atoms with E-state index in [4.69, 9.17) is 4.98 Å². The molecule has 0 atom stereocenters. The van der Waals surface area contributed by atoms with Crippen molar-refractivity contribution in [3.63, 3.8) is 0 Å². The number of rotatable bonds is 4. The standard InChI is InChI=1S/C21H22F2N4S/c1-13-20(19-5-8-24-14(2)26-19)28-21(25-13)16-6-9-27(10-7-16)12-15-3-4-17(22)18(23)11-15/h3-5,8,11,16H,6-7,9-10,12H2,1-2H3. The van der Waals surface area contributed by atoms with Crippen molar-refractivity contribution in [2.75, 3.05) is 13.1 Å². The molecule has 1 fully saturated rings. The summed E-state index contributed by atoms with van der Waals surface area (Å²) in [6, 6.07) is 6.08. The number of thiazole rings is 1. The van der Waals surface area contributed by atoms with Crippen LogP contribution in [0.5, 0.6) is 0 Å². The maximum Gasteiger partial charge on any atom is 0.159 e. The van der Waals surface area contributed by atoms with Crippen LogP contribution < -0.4 is 0 Å². The van der Waals surface area contributed by atoms with Crippen LogP contribution in [0.15, 0.2) is 30.5 Å². The van der Waals surface area contributed by atoms with Gasteiger partial charge in [0, 0.05) is 18.7 Å². The number of hydrogen-bond donors (Lipinski definition) is 0. The first kappa shape index (κ1) is 19.1. The first-order valence-electron chi connectivity index (χ1n) is 9.43. The van der Waals surface area contributed by atoms with Gasteiger partial charge in [0.25, 0.3) is 0 Å². The average Bonchev–Trinajstić information content (AvgIpc) is 3.07. The van der Waals surface area contributed by atoms with Crippen molar-refractivity contribution in [1.82, 2.24) is 19.9 Å². The first-order valence-corrected chi connectivity index (χ1v) is 10.2. The normalized spacial score (nSPS) is 15.9. The van der Waals surface area contributed by atoms with Gasteiger partial charge in [-0.2, -0.15) is 0 Å². The van der Waals surface area contributed by atoms with Gasteiger partial charge in [0.15, 0.2) is 11.6 Å². The fourth-order valence-electron chi connectivity index (χ4n) is 3.65. The van der Waals surface area contributed by atoms with Gasteiger partial charge < -0.3 is 0 Å². The Hall–Kier alpha value is -2.25. The predicted molar refractivity (Wildman–Crippen MR) is 106 cm³/mol. The summed E-state index contributed by atoms with van der Waals surface area (Å²) in [4.78, 5) is 16.9. The SMILES string of the molecule is Cc1nccc(-c2sc(C3CCN(Cc4ccc(F)c(F)c4)CC3)nc2C)n1. The molecule has 1 saturated heterocycles. The molecule has 0 aliphatic carbocycles. The molecule has 7 heteroatoms. The van der Waals surface area contributed by atoms with Gasteiger partial charge in [-0.25, -0.2) is 23.7 Å². The zero-order valence-electron chi connectivity index (χ0n) is 16.0.